The maximum absolute atomic E-state index is 12.2. The average molecular weight is 395 g/mol. The van der Waals surface area contributed by atoms with Gasteiger partial charge in [-0.3, -0.25) is 4.79 Å². The van der Waals surface area contributed by atoms with Gasteiger partial charge >= 0.3 is 0 Å². The molecule has 0 unspecified atom stereocenters. The van der Waals surface area contributed by atoms with E-state index in [9.17, 15) is 13.2 Å². The number of benzene rings is 1. The zero-order chi connectivity index (χ0) is 19.7. The lowest BCUT2D eigenvalue weighted by Crippen LogP contribution is -2.41. The van der Waals surface area contributed by atoms with Crippen LogP contribution >= 0.6 is 0 Å². The molecular weight excluding hydrogens is 364 g/mol. The SMILES string of the molecule is COc1ccccc1CCNC(=O)CN(CCC1=CCCCC1)S(C)(=O)=O. The number of carbonyl (C=O) groups is 1. The van der Waals surface area contributed by atoms with Crippen LogP contribution in [0.5, 0.6) is 5.75 Å². The van der Waals surface area contributed by atoms with Crippen LogP contribution in [0.4, 0.5) is 0 Å². The van der Waals surface area contributed by atoms with Crippen LogP contribution in [-0.4, -0.2) is 51.6 Å². The number of hydrogen-bond donors (Lipinski definition) is 1. The molecule has 0 saturated heterocycles. The van der Waals surface area contributed by atoms with Crippen molar-refractivity contribution in [2.75, 3.05) is 33.0 Å². The maximum atomic E-state index is 12.2. The van der Waals surface area contributed by atoms with E-state index in [0.29, 0.717) is 25.9 Å². The van der Waals surface area contributed by atoms with Gasteiger partial charge < -0.3 is 10.1 Å². The fourth-order valence-electron chi connectivity index (χ4n) is 3.22. The number of para-hydroxylation sites is 1. The van der Waals surface area contributed by atoms with Gasteiger partial charge in [0, 0.05) is 13.1 Å². The molecule has 0 aliphatic heterocycles. The lowest BCUT2D eigenvalue weighted by atomic mass is 9.97. The highest BCUT2D eigenvalue weighted by Gasteiger charge is 2.20. The molecule has 0 spiro atoms. The van der Waals surface area contributed by atoms with Crippen molar-refractivity contribution in [3.8, 4) is 5.75 Å². The van der Waals surface area contributed by atoms with Crippen LogP contribution in [0.2, 0.25) is 0 Å². The number of amides is 1. The molecule has 0 aromatic heterocycles. The first kappa shape index (κ1) is 21.4. The van der Waals surface area contributed by atoms with E-state index in [-0.39, 0.29) is 12.5 Å². The summed E-state index contributed by atoms with van der Waals surface area (Å²) in [6.07, 6.45) is 9.15. The molecule has 0 heterocycles. The highest BCUT2D eigenvalue weighted by Crippen LogP contribution is 2.20. The van der Waals surface area contributed by atoms with Crippen LogP contribution in [0.1, 0.15) is 37.7 Å². The van der Waals surface area contributed by atoms with Crippen LogP contribution in [0.15, 0.2) is 35.9 Å². The average Bonchev–Trinajstić information content (AvgIpc) is 2.65. The maximum Gasteiger partial charge on any atom is 0.235 e. The molecule has 0 bridgehead atoms. The summed E-state index contributed by atoms with van der Waals surface area (Å²) in [4.78, 5) is 12.2. The van der Waals surface area contributed by atoms with Crippen molar-refractivity contribution in [3.05, 3.63) is 41.5 Å². The van der Waals surface area contributed by atoms with Gasteiger partial charge in [0.1, 0.15) is 5.75 Å². The molecular formula is C20H30N2O4S. The molecule has 7 heteroatoms. The van der Waals surface area contributed by atoms with Crippen LogP contribution in [0.3, 0.4) is 0 Å². The number of hydrogen-bond acceptors (Lipinski definition) is 4. The highest BCUT2D eigenvalue weighted by molar-refractivity contribution is 7.88. The topological polar surface area (TPSA) is 75.7 Å². The minimum atomic E-state index is -3.42. The molecule has 27 heavy (non-hydrogen) atoms. The van der Waals surface area contributed by atoms with Crippen LogP contribution in [0.25, 0.3) is 0 Å². The summed E-state index contributed by atoms with van der Waals surface area (Å²) in [5.41, 5.74) is 2.30. The van der Waals surface area contributed by atoms with Crippen molar-refractivity contribution < 1.29 is 17.9 Å². The number of methoxy groups -OCH3 is 1. The Morgan fingerprint density at radius 1 is 1.22 bits per heavy atom. The molecule has 1 aromatic rings. The van der Waals surface area contributed by atoms with Crippen molar-refractivity contribution >= 4 is 15.9 Å². The van der Waals surface area contributed by atoms with E-state index >= 15 is 0 Å². The summed E-state index contributed by atoms with van der Waals surface area (Å²) in [7, 11) is -1.81. The second-order valence-corrected chi connectivity index (χ2v) is 8.85. The lowest BCUT2D eigenvalue weighted by Gasteiger charge is -2.21. The van der Waals surface area contributed by atoms with Gasteiger partial charge in [0.05, 0.1) is 19.9 Å². The Morgan fingerprint density at radius 3 is 2.67 bits per heavy atom. The van der Waals surface area contributed by atoms with Gasteiger partial charge in [-0.1, -0.05) is 29.8 Å². The Balaban J connectivity index is 1.83. The van der Waals surface area contributed by atoms with Crippen molar-refractivity contribution in [3.63, 3.8) is 0 Å². The Morgan fingerprint density at radius 2 is 2.00 bits per heavy atom. The van der Waals surface area contributed by atoms with Crippen molar-refractivity contribution in [1.29, 1.82) is 0 Å². The highest BCUT2D eigenvalue weighted by atomic mass is 32.2. The minimum absolute atomic E-state index is 0.141. The predicted molar refractivity (Wildman–Crippen MR) is 107 cm³/mol. The van der Waals surface area contributed by atoms with E-state index in [1.165, 1.54) is 16.3 Å². The van der Waals surface area contributed by atoms with Gasteiger partial charge in [-0.2, -0.15) is 4.31 Å². The van der Waals surface area contributed by atoms with Crippen LogP contribution in [0, 0.1) is 0 Å². The van der Waals surface area contributed by atoms with Gasteiger partial charge in [0.25, 0.3) is 0 Å². The van der Waals surface area contributed by atoms with Crippen molar-refractivity contribution in [2.45, 2.75) is 38.5 Å². The van der Waals surface area contributed by atoms with Gasteiger partial charge in [-0.25, -0.2) is 8.42 Å². The van der Waals surface area contributed by atoms with E-state index in [0.717, 1.165) is 36.8 Å². The molecule has 0 saturated carbocycles. The van der Waals surface area contributed by atoms with E-state index in [4.69, 9.17) is 4.74 Å². The zero-order valence-corrected chi connectivity index (χ0v) is 17.1. The third kappa shape index (κ3) is 7.34. The summed E-state index contributed by atoms with van der Waals surface area (Å²) in [5.74, 6) is 0.498. The molecule has 0 atom stereocenters. The quantitative estimate of drug-likeness (QED) is 0.619. The van der Waals surface area contributed by atoms with Crippen molar-refractivity contribution in [2.24, 2.45) is 0 Å². The fourth-order valence-corrected chi connectivity index (χ4v) is 4.00. The predicted octanol–water partition coefficient (Wildman–Crippen LogP) is 2.51. The Hall–Kier alpha value is -1.86. The van der Waals surface area contributed by atoms with Gasteiger partial charge in [-0.15, -0.1) is 0 Å². The second-order valence-electron chi connectivity index (χ2n) is 6.87. The minimum Gasteiger partial charge on any atom is -0.496 e. The molecule has 1 aromatic carbocycles. The van der Waals surface area contributed by atoms with E-state index in [2.05, 4.69) is 11.4 Å². The standard InChI is InChI=1S/C20H30N2O4S/c1-26-19-11-7-6-10-18(19)12-14-21-20(23)16-22(27(2,24)25)15-13-17-8-4-3-5-9-17/h6-8,10-11H,3-5,9,12-16H2,1-2H3,(H,21,23). The number of allylic oxidation sites excluding steroid dienone is 1. The molecule has 1 aliphatic rings. The molecule has 2 rings (SSSR count). The Labute approximate surface area is 162 Å². The summed E-state index contributed by atoms with van der Waals surface area (Å²) >= 11 is 0. The summed E-state index contributed by atoms with van der Waals surface area (Å²) < 4.78 is 30.6. The van der Waals surface area contributed by atoms with E-state index < -0.39 is 10.0 Å². The summed E-state index contributed by atoms with van der Waals surface area (Å²) in [6, 6.07) is 7.64. The first-order valence-corrected chi connectivity index (χ1v) is 11.3. The number of nitrogens with zero attached hydrogens (tertiary/aromatic N) is 1. The Kier molecular flexibility index (Phi) is 8.31. The van der Waals surface area contributed by atoms with Gasteiger partial charge in [0.2, 0.25) is 15.9 Å². The normalized spacial score (nSPS) is 14.7. The molecule has 1 aliphatic carbocycles. The van der Waals surface area contributed by atoms with Gasteiger partial charge in [-0.05, 0) is 50.2 Å². The third-order valence-electron chi connectivity index (χ3n) is 4.77. The van der Waals surface area contributed by atoms with Crippen molar-refractivity contribution in [1.82, 2.24) is 9.62 Å². The number of rotatable bonds is 10. The first-order chi connectivity index (χ1) is 12.9. The fraction of sp³-hybridized carbons (Fsp3) is 0.550. The Bertz CT molecular complexity index is 759. The molecule has 0 fully saturated rings. The smallest absolute Gasteiger partial charge is 0.235 e. The monoisotopic (exact) mass is 394 g/mol. The largest absolute Gasteiger partial charge is 0.496 e. The van der Waals surface area contributed by atoms with E-state index in [1.807, 2.05) is 24.3 Å². The first-order valence-electron chi connectivity index (χ1n) is 9.42. The summed E-state index contributed by atoms with van der Waals surface area (Å²) in [5, 5.41) is 2.81. The zero-order valence-electron chi connectivity index (χ0n) is 16.2. The third-order valence-corrected chi connectivity index (χ3v) is 6.02. The molecule has 0 radical (unpaired) electrons. The van der Waals surface area contributed by atoms with E-state index in [1.54, 1.807) is 7.11 Å². The number of sulfonamides is 1. The number of ether oxygens (including phenoxy) is 1. The van der Waals surface area contributed by atoms with Crippen LogP contribution < -0.4 is 10.1 Å². The summed E-state index contributed by atoms with van der Waals surface area (Å²) in [6.45, 7) is 0.643. The number of carbonyl (C=O) groups excluding carboxylic acids is 1. The number of nitrogens with one attached hydrogen (secondary N) is 1. The molecule has 1 N–H and O–H groups in total. The molecule has 150 valence electrons. The molecule has 6 nitrogen and oxygen atoms in total. The lowest BCUT2D eigenvalue weighted by molar-refractivity contribution is -0.121. The van der Waals surface area contributed by atoms with Crippen LogP contribution in [-0.2, 0) is 21.2 Å². The molecule has 1 amide bonds. The second kappa shape index (κ2) is 10.5. The van der Waals surface area contributed by atoms with Gasteiger partial charge in [0.15, 0.2) is 0 Å².